The molecule has 94 valence electrons. The van der Waals surface area contributed by atoms with Crippen molar-refractivity contribution in [2.24, 2.45) is 0 Å². The topological polar surface area (TPSA) is 20.2 Å². The molecule has 0 saturated carbocycles. The Hall–Kier alpha value is -0.840. The molecule has 0 fully saturated rings. The molecule has 0 aliphatic carbocycles. The molecule has 2 aromatic carbocycles. The molecule has 0 radical (unpaired) electrons. The van der Waals surface area contributed by atoms with Crippen LogP contribution in [0.5, 0.6) is 0 Å². The van der Waals surface area contributed by atoms with Gasteiger partial charge < -0.3 is 5.11 Å². The lowest BCUT2D eigenvalue weighted by atomic mass is 10.1. The van der Waals surface area contributed by atoms with Gasteiger partial charge in [0, 0.05) is 19.8 Å². The second kappa shape index (κ2) is 5.87. The first-order valence-corrected chi connectivity index (χ1v) is 7.09. The van der Waals surface area contributed by atoms with E-state index in [9.17, 15) is 9.50 Å². The highest BCUT2D eigenvalue weighted by molar-refractivity contribution is 9.10. The maximum absolute atomic E-state index is 13.7. The Balaban J connectivity index is 2.41. The van der Waals surface area contributed by atoms with Crippen LogP contribution in [0.2, 0.25) is 0 Å². The number of hydrogen-bond donors (Lipinski definition) is 1. The molecule has 0 aliphatic rings. The monoisotopic (exact) mass is 326 g/mol. The van der Waals surface area contributed by atoms with Crippen molar-refractivity contribution in [3.63, 3.8) is 0 Å². The van der Waals surface area contributed by atoms with Crippen molar-refractivity contribution < 1.29 is 9.50 Å². The van der Waals surface area contributed by atoms with Gasteiger partial charge in [0.25, 0.3) is 0 Å². The minimum atomic E-state index is -0.823. The van der Waals surface area contributed by atoms with E-state index in [0.29, 0.717) is 5.56 Å². The van der Waals surface area contributed by atoms with Crippen molar-refractivity contribution in [2.75, 3.05) is 0 Å². The molecule has 0 saturated heterocycles. The third-order valence-corrected chi connectivity index (χ3v) is 4.59. The molecule has 0 bridgehead atoms. The molecule has 0 unspecified atom stereocenters. The summed E-state index contributed by atoms with van der Waals surface area (Å²) < 4.78 is 14.7. The first kappa shape index (κ1) is 13.6. The van der Waals surface area contributed by atoms with Gasteiger partial charge in [-0.25, -0.2) is 4.39 Å². The zero-order valence-corrected chi connectivity index (χ0v) is 12.1. The molecule has 0 amide bonds. The number of halogens is 2. The normalized spacial score (nSPS) is 12.4. The molecule has 4 heteroatoms. The number of aliphatic hydroxyl groups is 1. The summed E-state index contributed by atoms with van der Waals surface area (Å²) in [4.78, 5) is 1.72. The molecule has 1 nitrogen and oxygen atoms in total. The van der Waals surface area contributed by atoms with E-state index in [1.807, 2.05) is 30.3 Å². The van der Waals surface area contributed by atoms with Crippen molar-refractivity contribution in [2.45, 2.75) is 22.8 Å². The quantitative estimate of drug-likeness (QED) is 0.874. The highest BCUT2D eigenvalue weighted by Gasteiger charge is 2.14. The predicted octanol–water partition coefficient (Wildman–Crippen LogP) is 4.79. The third kappa shape index (κ3) is 2.94. The van der Waals surface area contributed by atoms with Crippen LogP contribution in [0, 0.1) is 5.82 Å². The summed E-state index contributed by atoms with van der Waals surface area (Å²) in [7, 11) is 0. The van der Waals surface area contributed by atoms with Gasteiger partial charge in [-0.1, -0.05) is 30.0 Å². The maximum Gasteiger partial charge on any atom is 0.130 e. The van der Waals surface area contributed by atoms with Gasteiger partial charge in [-0.05, 0) is 47.1 Å². The third-order valence-electron chi connectivity index (χ3n) is 2.49. The molecule has 2 aromatic rings. The second-order valence-corrected chi connectivity index (χ2v) is 5.80. The SMILES string of the molecule is C[C@H](O)c1c(F)cccc1Sc1ccccc1Br. The zero-order valence-electron chi connectivity index (χ0n) is 9.73. The lowest BCUT2D eigenvalue weighted by Gasteiger charge is -2.13. The Bertz CT molecular complexity index is 557. The summed E-state index contributed by atoms with van der Waals surface area (Å²) in [5.74, 6) is -0.373. The molecule has 18 heavy (non-hydrogen) atoms. The Labute approximate surface area is 118 Å². The van der Waals surface area contributed by atoms with Crippen molar-refractivity contribution in [1.29, 1.82) is 0 Å². The van der Waals surface area contributed by atoms with Gasteiger partial charge in [0.1, 0.15) is 5.82 Å². The van der Waals surface area contributed by atoms with Gasteiger partial charge in [-0.15, -0.1) is 0 Å². The molecular weight excluding hydrogens is 315 g/mol. The fourth-order valence-corrected chi connectivity index (χ4v) is 3.26. The Kier molecular flexibility index (Phi) is 4.43. The van der Waals surface area contributed by atoms with E-state index in [0.717, 1.165) is 14.3 Å². The highest BCUT2D eigenvalue weighted by atomic mass is 79.9. The van der Waals surface area contributed by atoms with Crippen LogP contribution in [0.4, 0.5) is 4.39 Å². The fraction of sp³-hybridized carbons (Fsp3) is 0.143. The summed E-state index contributed by atoms with van der Waals surface area (Å²) in [6, 6.07) is 12.6. The minimum Gasteiger partial charge on any atom is -0.389 e. The van der Waals surface area contributed by atoms with Gasteiger partial charge in [0.05, 0.1) is 6.10 Å². The van der Waals surface area contributed by atoms with Crippen LogP contribution in [-0.4, -0.2) is 5.11 Å². The van der Waals surface area contributed by atoms with Crippen LogP contribution in [-0.2, 0) is 0 Å². The van der Waals surface area contributed by atoms with E-state index in [-0.39, 0.29) is 5.82 Å². The van der Waals surface area contributed by atoms with Gasteiger partial charge in [-0.2, -0.15) is 0 Å². The highest BCUT2D eigenvalue weighted by Crippen LogP contribution is 2.37. The van der Waals surface area contributed by atoms with Crippen molar-refractivity contribution >= 4 is 27.7 Å². The van der Waals surface area contributed by atoms with Gasteiger partial charge in [0.2, 0.25) is 0 Å². The van der Waals surface area contributed by atoms with Crippen LogP contribution >= 0.6 is 27.7 Å². The van der Waals surface area contributed by atoms with Gasteiger partial charge in [0.15, 0.2) is 0 Å². The van der Waals surface area contributed by atoms with E-state index in [1.54, 1.807) is 13.0 Å². The van der Waals surface area contributed by atoms with E-state index in [4.69, 9.17) is 0 Å². The van der Waals surface area contributed by atoms with Gasteiger partial charge in [-0.3, -0.25) is 0 Å². The average molecular weight is 327 g/mol. The predicted molar refractivity (Wildman–Crippen MR) is 75.3 cm³/mol. The molecule has 2 rings (SSSR count). The lowest BCUT2D eigenvalue weighted by Crippen LogP contribution is -1.98. The summed E-state index contributed by atoms with van der Waals surface area (Å²) in [5.41, 5.74) is 0.346. The van der Waals surface area contributed by atoms with Crippen LogP contribution in [0.3, 0.4) is 0 Å². The van der Waals surface area contributed by atoms with Gasteiger partial charge >= 0.3 is 0 Å². The van der Waals surface area contributed by atoms with Crippen LogP contribution in [0.1, 0.15) is 18.6 Å². The lowest BCUT2D eigenvalue weighted by molar-refractivity contribution is 0.191. The van der Waals surface area contributed by atoms with E-state index in [2.05, 4.69) is 15.9 Å². The smallest absolute Gasteiger partial charge is 0.130 e. The van der Waals surface area contributed by atoms with Crippen molar-refractivity contribution in [3.8, 4) is 0 Å². The number of aliphatic hydroxyl groups excluding tert-OH is 1. The van der Waals surface area contributed by atoms with Crippen molar-refractivity contribution in [1.82, 2.24) is 0 Å². The average Bonchev–Trinajstić information content (AvgIpc) is 2.31. The van der Waals surface area contributed by atoms with E-state index < -0.39 is 6.10 Å². The maximum atomic E-state index is 13.7. The molecular formula is C14H12BrFOS. The van der Waals surface area contributed by atoms with Crippen LogP contribution in [0.25, 0.3) is 0 Å². The first-order chi connectivity index (χ1) is 8.59. The number of rotatable bonds is 3. The molecule has 1 atom stereocenters. The van der Waals surface area contributed by atoms with E-state index >= 15 is 0 Å². The summed E-state index contributed by atoms with van der Waals surface area (Å²) >= 11 is 4.89. The molecule has 0 heterocycles. The minimum absolute atomic E-state index is 0.346. The molecule has 0 aliphatic heterocycles. The number of hydrogen-bond acceptors (Lipinski definition) is 2. The first-order valence-electron chi connectivity index (χ1n) is 5.48. The molecule has 0 spiro atoms. The van der Waals surface area contributed by atoms with E-state index in [1.165, 1.54) is 17.8 Å². The Morgan fingerprint density at radius 3 is 2.44 bits per heavy atom. The largest absolute Gasteiger partial charge is 0.389 e. The molecule has 0 aromatic heterocycles. The standard InChI is InChI=1S/C14H12BrFOS/c1-9(17)14-11(16)6-4-8-13(14)18-12-7-3-2-5-10(12)15/h2-9,17H,1H3/t9-/m0/s1. The summed E-state index contributed by atoms with van der Waals surface area (Å²) in [5, 5.41) is 9.67. The summed E-state index contributed by atoms with van der Waals surface area (Å²) in [6.07, 6.45) is -0.823. The summed E-state index contributed by atoms with van der Waals surface area (Å²) in [6.45, 7) is 1.57. The van der Waals surface area contributed by atoms with Crippen LogP contribution < -0.4 is 0 Å². The Morgan fingerprint density at radius 2 is 1.78 bits per heavy atom. The second-order valence-electron chi connectivity index (χ2n) is 3.86. The molecule has 1 N–H and O–H groups in total. The fourth-order valence-electron chi connectivity index (χ4n) is 1.66. The zero-order chi connectivity index (χ0) is 13.1. The van der Waals surface area contributed by atoms with Crippen molar-refractivity contribution in [3.05, 3.63) is 58.3 Å². The Morgan fingerprint density at radius 1 is 1.11 bits per heavy atom. The number of benzene rings is 2. The van der Waals surface area contributed by atoms with Crippen LogP contribution in [0.15, 0.2) is 56.7 Å².